The van der Waals surface area contributed by atoms with Crippen molar-refractivity contribution in [2.75, 3.05) is 30.3 Å². The van der Waals surface area contributed by atoms with Gasteiger partial charge in [0.05, 0.1) is 12.2 Å². The lowest BCUT2D eigenvalue weighted by molar-refractivity contribution is -0.119. The number of fused-ring (bicyclic) bond motifs is 2. The molecule has 0 aliphatic carbocycles. The normalized spacial score (nSPS) is 14.1. The molecule has 3 aromatic rings. The number of carbonyl (C=O) groups excluding carboxylic acids is 1. The summed E-state index contributed by atoms with van der Waals surface area (Å²) in [5, 5.41) is 4.32. The molecular formula is C21H23N3OS. The number of rotatable bonds is 5. The van der Waals surface area contributed by atoms with Crippen LogP contribution in [0, 0.1) is 0 Å². The highest BCUT2D eigenvalue weighted by Gasteiger charge is 2.17. The first-order valence-corrected chi connectivity index (χ1v) is 10.1. The van der Waals surface area contributed by atoms with Crippen LogP contribution >= 0.6 is 11.8 Å². The molecule has 0 bridgehead atoms. The molecule has 1 amide bonds. The quantitative estimate of drug-likeness (QED) is 0.722. The zero-order valence-corrected chi connectivity index (χ0v) is 15.5. The molecule has 134 valence electrons. The largest absolute Gasteiger partial charge is 0.361 e. The molecule has 2 aromatic carbocycles. The highest BCUT2D eigenvalue weighted by molar-refractivity contribution is 7.99. The van der Waals surface area contributed by atoms with Crippen molar-refractivity contribution < 1.29 is 4.79 Å². The molecule has 0 radical (unpaired) electrons. The lowest BCUT2D eigenvalue weighted by atomic mass is 10.1. The van der Waals surface area contributed by atoms with Gasteiger partial charge >= 0.3 is 0 Å². The number of hydrogen-bond acceptors (Lipinski definition) is 3. The van der Waals surface area contributed by atoms with Gasteiger partial charge in [0, 0.05) is 35.1 Å². The summed E-state index contributed by atoms with van der Waals surface area (Å²) in [6.45, 7) is 2.01. The van der Waals surface area contributed by atoms with Crippen LogP contribution in [0.15, 0.2) is 59.6 Å². The molecule has 0 spiro atoms. The van der Waals surface area contributed by atoms with E-state index in [0.29, 0.717) is 13.1 Å². The molecule has 26 heavy (non-hydrogen) atoms. The van der Waals surface area contributed by atoms with E-state index in [9.17, 15) is 4.79 Å². The van der Waals surface area contributed by atoms with E-state index in [2.05, 4.69) is 45.5 Å². The van der Waals surface area contributed by atoms with Crippen LogP contribution in [0.4, 0.5) is 5.69 Å². The molecule has 0 fully saturated rings. The summed E-state index contributed by atoms with van der Waals surface area (Å²) in [5.74, 6) is 1.20. The number of nitrogens with one attached hydrogen (secondary N) is 2. The zero-order chi connectivity index (χ0) is 17.8. The maximum Gasteiger partial charge on any atom is 0.239 e. The van der Waals surface area contributed by atoms with E-state index in [-0.39, 0.29) is 5.91 Å². The summed E-state index contributed by atoms with van der Waals surface area (Å²) in [7, 11) is 0. The molecule has 0 saturated carbocycles. The summed E-state index contributed by atoms with van der Waals surface area (Å²) in [4.78, 5) is 19.2. The van der Waals surface area contributed by atoms with E-state index in [1.807, 2.05) is 36.2 Å². The summed E-state index contributed by atoms with van der Waals surface area (Å²) >= 11 is 1.88. The fourth-order valence-electron chi connectivity index (χ4n) is 3.47. The summed E-state index contributed by atoms with van der Waals surface area (Å²) < 4.78 is 0. The number of anilines is 1. The van der Waals surface area contributed by atoms with Crippen LogP contribution in [0.2, 0.25) is 0 Å². The van der Waals surface area contributed by atoms with E-state index >= 15 is 0 Å². The van der Waals surface area contributed by atoms with Gasteiger partial charge in [0.15, 0.2) is 0 Å². The number of hydrogen-bond donors (Lipinski definition) is 2. The standard InChI is InChI=1S/C21H23N3OS/c25-21(15-24-12-5-13-26-20-9-4-3-8-19(20)24)22-11-10-16-14-23-18-7-2-1-6-17(16)18/h1-4,6-9,14,23H,5,10-13,15H2,(H,22,25). The Morgan fingerprint density at radius 3 is 2.96 bits per heavy atom. The highest BCUT2D eigenvalue weighted by Crippen LogP contribution is 2.33. The van der Waals surface area contributed by atoms with Crippen LogP contribution in [-0.2, 0) is 11.2 Å². The van der Waals surface area contributed by atoms with Crippen molar-refractivity contribution >= 4 is 34.3 Å². The van der Waals surface area contributed by atoms with Gasteiger partial charge in [-0.15, -0.1) is 11.8 Å². The number of carbonyl (C=O) groups is 1. The Bertz CT molecular complexity index is 905. The molecular weight excluding hydrogens is 342 g/mol. The smallest absolute Gasteiger partial charge is 0.239 e. The van der Waals surface area contributed by atoms with Gasteiger partial charge in [-0.25, -0.2) is 0 Å². The minimum absolute atomic E-state index is 0.0894. The first-order valence-electron chi connectivity index (χ1n) is 9.10. The van der Waals surface area contributed by atoms with Gasteiger partial charge < -0.3 is 15.2 Å². The Labute approximate surface area is 158 Å². The lowest BCUT2D eigenvalue weighted by Gasteiger charge is -2.23. The van der Waals surface area contributed by atoms with Crippen molar-refractivity contribution in [2.24, 2.45) is 0 Å². The second-order valence-electron chi connectivity index (χ2n) is 6.55. The number of H-pyrrole nitrogens is 1. The average Bonchev–Trinajstić information content (AvgIpc) is 2.97. The van der Waals surface area contributed by atoms with Crippen LogP contribution in [0.3, 0.4) is 0 Å². The van der Waals surface area contributed by atoms with Crippen molar-refractivity contribution in [3.8, 4) is 0 Å². The van der Waals surface area contributed by atoms with Gasteiger partial charge in [-0.3, -0.25) is 4.79 Å². The van der Waals surface area contributed by atoms with Crippen molar-refractivity contribution in [3.63, 3.8) is 0 Å². The molecule has 4 rings (SSSR count). The number of nitrogens with zero attached hydrogens (tertiary/aromatic N) is 1. The van der Waals surface area contributed by atoms with Gasteiger partial charge in [-0.2, -0.15) is 0 Å². The second kappa shape index (κ2) is 7.87. The summed E-state index contributed by atoms with van der Waals surface area (Å²) in [6, 6.07) is 16.7. The predicted molar refractivity (Wildman–Crippen MR) is 109 cm³/mol. The van der Waals surface area contributed by atoms with E-state index in [0.717, 1.165) is 30.7 Å². The topological polar surface area (TPSA) is 48.1 Å². The van der Waals surface area contributed by atoms with Gasteiger partial charge in [0.1, 0.15) is 0 Å². The third-order valence-electron chi connectivity index (χ3n) is 4.76. The maximum absolute atomic E-state index is 12.5. The number of aromatic amines is 1. The van der Waals surface area contributed by atoms with Gasteiger partial charge in [-0.05, 0) is 42.4 Å². The Morgan fingerprint density at radius 2 is 2.00 bits per heavy atom. The molecule has 4 nitrogen and oxygen atoms in total. The third kappa shape index (κ3) is 3.73. The molecule has 5 heteroatoms. The highest BCUT2D eigenvalue weighted by atomic mass is 32.2. The number of aromatic nitrogens is 1. The number of thioether (sulfide) groups is 1. The van der Waals surface area contributed by atoms with Crippen LogP contribution in [0.1, 0.15) is 12.0 Å². The first-order chi connectivity index (χ1) is 12.8. The van der Waals surface area contributed by atoms with Crippen LogP contribution in [-0.4, -0.2) is 36.3 Å². The zero-order valence-electron chi connectivity index (χ0n) is 14.7. The lowest BCUT2D eigenvalue weighted by Crippen LogP contribution is -2.38. The van der Waals surface area contributed by atoms with Gasteiger partial charge in [-0.1, -0.05) is 30.3 Å². The number of amides is 1. The molecule has 0 saturated heterocycles. The SMILES string of the molecule is O=C(CN1CCCSc2ccccc21)NCCc1c[nH]c2ccccc12. The molecule has 2 heterocycles. The Kier molecular flexibility index (Phi) is 5.16. The van der Waals surface area contributed by atoms with Crippen LogP contribution in [0.25, 0.3) is 10.9 Å². The molecule has 1 aliphatic heterocycles. The fourth-order valence-corrected chi connectivity index (χ4v) is 4.48. The van der Waals surface area contributed by atoms with E-state index in [1.54, 1.807) is 0 Å². The minimum Gasteiger partial charge on any atom is -0.361 e. The monoisotopic (exact) mass is 365 g/mol. The van der Waals surface area contributed by atoms with E-state index in [1.165, 1.54) is 21.5 Å². The van der Waals surface area contributed by atoms with E-state index < -0.39 is 0 Å². The van der Waals surface area contributed by atoms with Gasteiger partial charge in [0.25, 0.3) is 0 Å². The van der Waals surface area contributed by atoms with Crippen molar-refractivity contribution in [1.29, 1.82) is 0 Å². The van der Waals surface area contributed by atoms with E-state index in [4.69, 9.17) is 0 Å². The Morgan fingerprint density at radius 1 is 1.15 bits per heavy atom. The van der Waals surface area contributed by atoms with Crippen LogP contribution < -0.4 is 10.2 Å². The molecule has 0 atom stereocenters. The van der Waals surface area contributed by atoms with Crippen LogP contribution in [0.5, 0.6) is 0 Å². The van der Waals surface area contributed by atoms with Crippen molar-refractivity contribution in [1.82, 2.24) is 10.3 Å². The fraction of sp³-hybridized carbons (Fsp3) is 0.286. The average molecular weight is 366 g/mol. The molecule has 2 N–H and O–H groups in total. The molecule has 1 aliphatic rings. The second-order valence-corrected chi connectivity index (χ2v) is 7.69. The Balaban J connectivity index is 1.34. The minimum atomic E-state index is 0.0894. The Hall–Kier alpha value is -2.40. The van der Waals surface area contributed by atoms with Gasteiger partial charge in [0.2, 0.25) is 5.91 Å². The summed E-state index contributed by atoms with van der Waals surface area (Å²) in [5.41, 5.74) is 3.58. The molecule has 1 aromatic heterocycles. The molecule has 0 unspecified atom stereocenters. The number of benzene rings is 2. The van der Waals surface area contributed by atoms with Crippen molar-refractivity contribution in [2.45, 2.75) is 17.7 Å². The maximum atomic E-state index is 12.5. The van der Waals surface area contributed by atoms with Crippen molar-refractivity contribution in [3.05, 3.63) is 60.3 Å². The number of para-hydroxylation sites is 2. The first kappa shape index (κ1) is 17.0. The predicted octanol–water partition coefficient (Wildman–Crippen LogP) is 3.83. The summed E-state index contributed by atoms with van der Waals surface area (Å²) in [6.07, 6.45) is 3.98. The third-order valence-corrected chi connectivity index (χ3v) is 5.91.